The van der Waals surface area contributed by atoms with Crippen LogP contribution in [0.5, 0.6) is 0 Å². The fourth-order valence-electron chi connectivity index (χ4n) is 1.92. The normalized spacial score (nSPS) is 17.9. The van der Waals surface area contributed by atoms with Gasteiger partial charge in [-0.05, 0) is 26.2 Å². The second kappa shape index (κ2) is 8.87. The molecule has 0 aromatic rings. The number of hydrogen-bond donors (Lipinski definition) is 2. The predicted octanol–water partition coefficient (Wildman–Crippen LogP) is 0.942. The lowest BCUT2D eigenvalue weighted by atomic mass is 10.1. The van der Waals surface area contributed by atoms with Gasteiger partial charge in [-0.25, -0.2) is 0 Å². The third-order valence-electron chi connectivity index (χ3n) is 3.05. The van der Waals surface area contributed by atoms with Gasteiger partial charge in [-0.2, -0.15) is 0 Å². The number of amides is 1. The van der Waals surface area contributed by atoms with Gasteiger partial charge in [-0.15, -0.1) is 0 Å². The molecule has 1 fully saturated rings. The summed E-state index contributed by atoms with van der Waals surface area (Å²) < 4.78 is 10.8. The molecule has 1 aliphatic heterocycles. The van der Waals surface area contributed by atoms with Crippen molar-refractivity contribution in [2.24, 2.45) is 0 Å². The Bertz CT molecular complexity index is 289. The number of carboxylic acids is 1. The molecule has 0 aromatic carbocycles. The van der Waals surface area contributed by atoms with Gasteiger partial charge in [0.25, 0.3) is 0 Å². The molecule has 1 aliphatic rings. The zero-order valence-electron chi connectivity index (χ0n) is 11.4. The summed E-state index contributed by atoms with van der Waals surface area (Å²) in [5, 5.41) is 11.3. The van der Waals surface area contributed by atoms with Crippen molar-refractivity contribution in [1.29, 1.82) is 0 Å². The molecule has 1 heterocycles. The van der Waals surface area contributed by atoms with Crippen LogP contribution in [0.1, 0.15) is 39.0 Å². The monoisotopic (exact) mass is 273 g/mol. The van der Waals surface area contributed by atoms with Crippen LogP contribution in [0.15, 0.2) is 0 Å². The summed E-state index contributed by atoms with van der Waals surface area (Å²) in [5.74, 6) is -0.936. The van der Waals surface area contributed by atoms with Gasteiger partial charge in [-0.3, -0.25) is 9.59 Å². The Morgan fingerprint density at radius 3 is 2.68 bits per heavy atom. The predicted molar refractivity (Wildman–Crippen MR) is 68.9 cm³/mol. The third-order valence-corrected chi connectivity index (χ3v) is 3.05. The van der Waals surface area contributed by atoms with E-state index in [1.165, 1.54) is 0 Å². The topological polar surface area (TPSA) is 84.9 Å². The average molecular weight is 273 g/mol. The SMILES string of the molecule is CC(CCC(=O)O)NC(=O)CCOC1CCOCC1. The summed E-state index contributed by atoms with van der Waals surface area (Å²) in [4.78, 5) is 22.0. The molecule has 0 aliphatic carbocycles. The van der Waals surface area contributed by atoms with Gasteiger partial charge < -0.3 is 19.9 Å². The van der Waals surface area contributed by atoms with Gasteiger partial charge in [0.15, 0.2) is 0 Å². The minimum Gasteiger partial charge on any atom is -0.481 e. The van der Waals surface area contributed by atoms with Crippen LogP contribution in [-0.2, 0) is 19.1 Å². The zero-order chi connectivity index (χ0) is 14.1. The van der Waals surface area contributed by atoms with Gasteiger partial charge in [-0.1, -0.05) is 0 Å². The smallest absolute Gasteiger partial charge is 0.303 e. The van der Waals surface area contributed by atoms with E-state index in [-0.39, 0.29) is 24.5 Å². The lowest BCUT2D eigenvalue weighted by molar-refractivity contribution is -0.137. The standard InChI is InChI=1S/C13H23NO5/c1-10(2-3-13(16)17)14-12(15)6-9-19-11-4-7-18-8-5-11/h10-11H,2-9H2,1H3,(H,14,15)(H,16,17). The zero-order valence-corrected chi connectivity index (χ0v) is 11.4. The highest BCUT2D eigenvalue weighted by Crippen LogP contribution is 2.10. The van der Waals surface area contributed by atoms with E-state index in [9.17, 15) is 9.59 Å². The summed E-state index contributed by atoms with van der Waals surface area (Å²) in [6, 6.07) is -0.119. The maximum atomic E-state index is 11.6. The summed E-state index contributed by atoms with van der Waals surface area (Å²) >= 11 is 0. The van der Waals surface area contributed by atoms with Gasteiger partial charge in [0.2, 0.25) is 5.91 Å². The van der Waals surface area contributed by atoms with Crippen molar-refractivity contribution < 1.29 is 24.2 Å². The van der Waals surface area contributed by atoms with Crippen molar-refractivity contribution in [2.45, 2.75) is 51.2 Å². The lowest BCUT2D eigenvalue weighted by Crippen LogP contribution is -2.34. The van der Waals surface area contributed by atoms with Crippen molar-refractivity contribution >= 4 is 11.9 Å². The van der Waals surface area contributed by atoms with E-state index in [1.54, 1.807) is 6.92 Å². The Kier molecular flexibility index (Phi) is 7.43. The second-order valence-corrected chi connectivity index (χ2v) is 4.83. The molecule has 0 radical (unpaired) electrons. The van der Waals surface area contributed by atoms with Crippen LogP contribution < -0.4 is 5.32 Å². The largest absolute Gasteiger partial charge is 0.481 e. The van der Waals surface area contributed by atoms with Gasteiger partial charge >= 0.3 is 5.97 Å². The number of nitrogens with one attached hydrogen (secondary N) is 1. The van der Waals surface area contributed by atoms with E-state index in [2.05, 4.69) is 5.32 Å². The van der Waals surface area contributed by atoms with Gasteiger partial charge in [0, 0.05) is 32.1 Å². The van der Waals surface area contributed by atoms with E-state index in [1.807, 2.05) is 0 Å². The number of carbonyl (C=O) groups excluding carboxylic acids is 1. The summed E-state index contributed by atoms with van der Waals surface area (Å²) in [7, 11) is 0. The second-order valence-electron chi connectivity index (χ2n) is 4.83. The quantitative estimate of drug-likeness (QED) is 0.687. The molecule has 0 saturated carbocycles. The molecular formula is C13H23NO5. The van der Waals surface area contributed by atoms with Crippen LogP contribution in [0, 0.1) is 0 Å². The first-order valence-electron chi connectivity index (χ1n) is 6.78. The highest BCUT2D eigenvalue weighted by atomic mass is 16.5. The van der Waals surface area contributed by atoms with E-state index in [0.29, 0.717) is 19.4 Å². The van der Waals surface area contributed by atoms with Crippen molar-refractivity contribution in [1.82, 2.24) is 5.32 Å². The van der Waals surface area contributed by atoms with E-state index in [4.69, 9.17) is 14.6 Å². The van der Waals surface area contributed by atoms with Gasteiger partial charge in [0.1, 0.15) is 0 Å². The molecule has 6 nitrogen and oxygen atoms in total. The number of carbonyl (C=O) groups is 2. The highest BCUT2D eigenvalue weighted by molar-refractivity contribution is 5.76. The molecule has 19 heavy (non-hydrogen) atoms. The Balaban J connectivity index is 2.04. The minimum atomic E-state index is -0.844. The maximum Gasteiger partial charge on any atom is 0.303 e. The summed E-state index contributed by atoms with van der Waals surface area (Å²) in [6.45, 7) is 3.66. The summed E-state index contributed by atoms with van der Waals surface area (Å²) in [5.41, 5.74) is 0. The molecule has 0 aromatic heterocycles. The van der Waals surface area contributed by atoms with Crippen molar-refractivity contribution in [3.63, 3.8) is 0 Å². The molecule has 1 saturated heterocycles. The average Bonchev–Trinajstić information content (AvgIpc) is 2.37. The van der Waals surface area contributed by atoms with E-state index < -0.39 is 5.97 Å². The first-order valence-corrected chi connectivity index (χ1v) is 6.78. The molecule has 1 rings (SSSR count). The Morgan fingerprint density at radius 1 is 1.37 bits per heavy atom. The molecule has 1 amide bonds. The third kappa shape index (κ3) is 7.79. The Morgan fingerprint density at radius 2 is 2.05 bits per heavy atom. The number of ether oxygens (including phenoxy) is 2. The molecule has 2 N–H and O–H groups in total. The molecule has 110 valence electrons. The maximum absolute atomic E-state index is 11.6. The van der Waals surface area contributed by atoms with Crippen molar-refractivity contribution in [3.8, 4) is 0 Å². The van der Waals surface area contributed by atoms with E-state index >= 15 is 0 Å². The molecule has 1 unspecified atom stereocenters. The minimum absolute atomic E-state index is 0.0695. The number of hydrogen-bond acceptors (Lipinski definition) is 4. The van der Waals surface area contributed by atoms with Crippen LogP contribution in [0.2, 0.25) is 0 Å². The van der Waals surface area contributed by atoms with Crippen LogP contribution in [0.25, 0.3) is 0 Å². The molecular weight excluding hydrogens is 250 g/mol. The molecule has 0 spiro atoms. The van der Waals surface area contributed by atoms with Crippen LogP contribution in [0.3, 0.4) is 0 Å². The van der Waals surface area contributed by atoms with Crippen LogP contribution in [-0.4, -0.2) is 48.9 Å². The molecule has 0 bridgehead atoms. The van der Waals surface area contributed by atoms with Crippen LogP contribution >= 0.6 is 0 Å². The van der Waals surface area contributed by atoms with Crippen LogP contribution in [0.4, 0.5) is 0 Å². The van der Waals surface area contributed by atoms with Gasteiger partial charge in [0.05, 0.1) is 12.7 Å². The Labute approximate surface area is 113 Å². The number of aliphatic carboxylic acids is 1. The fourth-order valence-corrected chi connectivity index (χ4v) is 1.92. The first-order chi connectivity index (χ1) is 9.08. The fraction of sp³-hybridized carbons (Fsp3) is 0.846. The number of rotatable bonds is 8. The molecule has 6 heteroatoms. The Hall–Kier alpha value is -1.14. The summed E-state index contributed by atoms with van der Waals surface area (Å²) in [6.07, 6.45) is 2.80. The number of carboxylic acid groups (broad SMARTS) is 1. The van der Waals surface area contributed by atoms with Crippen molar-refractivity contribution in [3.05, 3.63) is 0 Å². The van der Waals surface area contributed by atoms with Crippen molar-refractivity contribution in [2.75, 3.05) is 19.8 Å². The first kappa shape index (κ1) is 15.9. The highest BCUT2D eigenvalue weighted by Gasteiger charge is 2.15. The van der Waals surface area contributed by atoms with E-state index in [0.717, 1.165) is 26.1 Å². The molecule has 1 atom stereocenters. The lowest BCUT2D eigenvalue weighted by Gasteiger charge is -2.22.